The summed E-state index contributed by atoms with van der Waals surface area (Å²) in [6.07, 6.45) is 1.40. The normalized spacial score (nSPS) is 16.0. The van der Waals surface area contributed by atoms with E-state index < -0.39 is 15.6 Å². The quantitative estimate of drug-likeness (QED) is 0.789. The van der Waals surface area contributed by atoms with Gasteiger partial charge in [0.15, 0.2) is 0 Å². The Morgan fingerprint density at radius 1 is 1.25 bits per heavy atom. The number of primary sulfonamides is 1. The third kappa shape index (κ3) is 6.49. The molecule has 1 fully saturated rings. The molecule has 3 N–H and O–H groups in total. The van der Waals surface area contributed by atoms with Gasteiger partial charge in [0.2, 0.25) is 15.9 Å². The van der Waals surface area contributed by atoms with Crippen LogP contribution in [0.25, 0.3) is 0 Å². The lowest BCUT2D eigenvalue weighted by Gasteiger charge is -2.33. The van der Waals surface area contributed by atoms with Crippen LogP contribution >= 0.6 is 0 Å². The van der Waals surface area contributed by atoms with Crippen LogP contribution in [0, 0.1) is 12.8 Å². The summed E-state index contributed by atoms with van der Waals surface area (Å²) in [4.78, 5) is 26.1. The Morgan fingerprint density at radius 2 is 1.86 bits per heavy atom. The van der Waals surface area contributed by atoms with E-state index in [1.807, 2.05) is 20.8 Å². The second-order valence-electron chi connectivity index (χ2n) is 8.19. The summed E-state index contributed by atoms with van der Waals surface area (Å²) in [5.74, 6) is -0.0400. The average molecular weight is 412 g/mol. The van der Waals surface area contributed by atoms with Crippen molar-refractivity contribution in [3.05, 3.63) is 23.8 Å². The van der Waals surface area contributed by atoms with Gasteiger partial charge >= 0.3 is 6.09 Å². The van der Waals surface area contributed by atoms with Gasteiger partial charge in [0, 0.05) is 25.2 Å². The van der Waals surface area contributed by atoms with E-state index in [0.717, 1.165) is 0 Å². The Balaban J connectivity index is 1.88. The summed E-state index contributed by atoms with van der Waals surface area (Å²) in [5.41, 5.74) is 0.387. The number of carbonyl (C=O) groups is 2. The molecule has 0 radical (unpaired) electrons. The predicted molar refractivity (Wildman–Crippen MR) is 106 cm³/mol. The topological polar surface area (TPSA) is 119 Å². The van der Waals surface area contributed by atoms with Crippen molar-refractivity contribution < 1.29 is 22.7 Å². The largest absolute Gasteiger partial charge is 0.444 e. The second-order valence-corrected chi connectivity index (χ2v) is 9.72. The van der Waals surface area contributed by atoms with Crippen molar-refractivity contribution in [2.45, 2.75) is 57.5 Å². The molecule has 1 aromatic carbocycles. The van der Waals surface area contributed by atoms with Crippen molar-refractivity contribution in [3.63, 3.8) is 0 Å². The average Bonchev–Trinajstić information content (AvgIpc) is 2.54. The van der Waals surface area contributed by atoms with Gasteiger partial charge in [0.05, 0.1) is 4.90 Å². The molecular formula is C19H29N3O5S. The van der Waals surface area contributed by atoms with Gasteiger partial charge in [0.1, 0.15) is 5.60 Å². The van der Waals surface area contributed by atoms with E-state index in [0.29, 0.717) is 43.6 Å². The molecule has 0 atom stereocenters. The molecule has 2 rings (SSSR count). The van der Waals surface area contributed by atoms with Crippen LogP contribution in [0.4, 0.5) is 10.5 Å². The number of anilines is 1. The van der Waals surface area contributed by atoms with Crippen LogP contribution in [-0.4, -0.2) is 44.0 Å². The molecule has 1 heterocycles. The van der Waals surface area contributed by atoms with Gasteiger partial charge < -0.3 is 15.0 Å². The van der Waals surface area contributed by atoms with Gasteiger partial charge in [-0.2, -0.15) is 0 Å². The number of amides is 2. The maximum atomic E-state index is 12.3. The maximum Gasteiger partial charge on any atom is 0.410 e. The molecule has 0 aliphatic carbocycles. The highest BCUT2D eigenvalue weighted by atomic mass is 32.2. The first-order valence-corrected chi connectivity index (χ1v) is 10.8. The number of benzene rings is 1. The third-order valence-corrected chi connectivity index (χ3v) is 5.57. The van der Waals surface area contributed by atoms with Gasteiger partial charge in [-0.15, -0.1) is 0 Å². The summed E-state index contributed by atoms with van der Waals surface area (Å²) in [5, 5.41) is 7.93. The van der Waals surface area contributed by atoms with Gasteiger partial charge in [-0.3, -0.25) is 4.79 Å². The number of aryl methyl sites for hydroxylation is 1. The fraction of sp³-hybridized carbons (Fsp3) is 0.579. The number of piperidine rings is 1. The van der Waals surface area contributed by atoms with Crippen molar-refractivity contribution in [2.24, 2.45) is 11.1 Å². The lowest BCUT2D eigenvalue weighted by molar-refractivity contribution is -0.117. The number of sulfonamides is 1. The highest BCUT2D eigenvalue weighted by Gasteiger charge is 2.27. The Bertz CT molecular complexity index is 838. The molecule has 1 aromatic rings. The lowest BCUT2D eigenvalue weighted by Crippen LogP contribution is -2.42. The zero-order valence-electron chi connectivity index (χ0n) is 16.8. The van der Waals surface area contributed by atoms with Crippen molar-refractivity contribution >= 4 is 27.7 Å². The fourth-order valence-corrected chi connectivity index (χ4v) is 3.91. The number of nitrogens with zero attached hydrogens (tertiary/aromatic N) is 1. The van der Waals surface area contributed by atoms with Gasteiger partial charge in [-0.05, 0) is 64.2 Å². The number of nitrogens with two attached hydrogens (primary N) is 1. The molecule has 1 saturated heterocycles. The van der Waals surface area contributed by atoms with Crippen LogP contribution < -0.4 is 10.5 Å². The van der Waals surface area contributed by atoms with E-state index in [1.54, 1.807) is 24.0 Å². The van der Waals surface area contributed by atoms with Crippen LogP contribution in [0.3, 0.4) is 0 Å². The molecule has 9 heteroatoms. The van der Waals surface area contributed by atoms with E-state index in [1.165, 1.54) is 6.07 Å². The molecule has 156 valence electrons. The molecule has 2 amide bonds. The number of rotatable bonds is 4. The molecule has 8 nitrogen and oxygen atoms in total. The Kier molecular flexibility index (Phi) is 6.71. The van der Waals surface area contributed by atoms with Gasteiger partial charge in [0.25, 0.3) is 0 Å². The minimum Gasteiger partial charge on any atom is -0.444 e. The summed E-state index contributed by atoms with van der Waals surface area (Å²) in [6, 6.07) is 4.62. The van der Waals surface area contributed by atoms with Crippen molar-refractivity contribution in [3.8, 4) is 0 Å². The smallest absolute Gasteiger partial charge is 0.410 e. The van der Waals surface area contributed by atoms with E-state index in [2.05, 4.69) is 5.32 Å². The van der Waals surface area contributed by atoms with E-state index in [-0.39, 0.29) is 22.8 Å². The number of nitrogens with one attached hydrogen (secondary N) is 1. The van der Waals surface area contributed by atoms with Gasteiger partial charge in [-0.25, -0.2) is 18.4 Å². The Morgan fingerprint density at radius 3 is 2.39 bits per heavy atom. The molecule has 0 saturated carbocycles. The van der Waals surface area contributed by atoms with Crippen molar-refractivity contribution in [1.29, 1.82) is 0 Å². The van der Waals surface area contributed by atoms with E-state index in [4.69, 9.17) is 9.88 Å². The van der Waals surface area contributed by atoms with Crippen LogP contribution in [0.15, 0.2) is 23.1 Å². The summed E-state index contributed by atoms with van der Waals surface area (Å²) < 4.78 is 28.6. The number of likely N-dealkylation sites (tertiary alicyclic amines) is 1. The van der Waals surface area contributed by atoms with Crippen LogP contribution in [0.2, 0.25) is 0 Å². The Labute approximate surface area is 166 Å². The first kappa shape index (κ1) is 22.2. The highest BCUT2D eigenvalue weighted by molar-refractivity contribution is 7.89. The monoisotopic (exact) mass is 411 g/mol. The van der Waals surface area contributed by atoms with Crippen molar-refractivity contribution in [2.75, 3.05) is 18.4 Å². The van der Waals surface area contributed by atoms with Crippen molar-refractivity contribution in [1.82, 2.24) is 4.90 Å². The molecule has 1 aliphatic heterocycles. The van der Waals surface area contributed by atoms with Crippen LogP contribution in [0.1, 0.15) is 45.6 Å². The van der Waals surface area contributed by atoms with Gasteiger partial charge in [-0.1, -0.05) is 6.07 Å². The predicted octanol–water partition coefficient (Wildman–Crippen LogP) is 2.62. The number of hydrogen-bond donors (Lipinski definition) is 2. The second kappa shape index (κ2) is 8.48. The minimum atomic E-state index is -3.85. The highest BCUT2D eigenvalue weighted by Crippen LogP contribution is 2.24. The SMILES string of the molecule is Cc1ccc(NC(=O)CC2CCN(C(=O)OC(C)(C)C)CC2)cc1S(N)(=O)=O. The zero-order valence-corrected chi connectivity index (χ0v) is 17.6. The summed E-state index contributed by atoms with van der Waals surface area (Å²) in [6.45, 7) is 8.22. The molecule has 0 bridgehead atoms. The summed E-state index contributed by atoms with van der Waals surface area (Å²) >= 11 is 0. The summed E-state index contributed by atoms with van der Waals surface area (Å²) in [7, 11) is -3.85. The molecule has 1 aliphatic rings. The molecule has 28 heavy (non-hydrogen) atoms. The third-order valence-electron chi connectivity index (χ3n) is 4.52. The van der Waals surface area contributed by atoms with Crippen LogP contribution in [-0.2, 0) is 19.6 Å². The minimum absolute atomic E-state index is 0.00373. The fourth-order valence-electron chi connectivity index (χ4n) is 3.10. The van der Waals surface area contributed by atoms with E-state index >= 15 is 0 Å². The Hall–Kier alpha value is -2.13. The first-order chi connectivity index (χ1) is 12.8. The maximum absolute atomic E-state index is 12.3. The molecule has 0 spiro atoms. The number of ether oxygens (including phenoxy) is 1. The lowest BCUT2D eigenvalue weighted by atomic mass is 9.93. The standard InChI is InChI=1S/C19H29N3O5S/c1-13-5-6-15(12-16(13)28(20,25)26)21-17(23)11-14-7-9-22(10-8-14)18(24)27-19(2,3)4/h5-6,12,14H,7-11H2,1-4H3,(H,21,23)(H2,20,25,26). The number of hydrogen-bond acceptors (Lipinski definition) is 5. The van der Waals surface area contributed by atoms with E-state index in [9.17, 15) is 18.0 Å². The molecular weight excluding hydrogens is 382 g/mol. The molecule has 0 aromatic heterocycles. The first-order valence-electron chi connectivity index (χ1n) is 9.26. The zero-order chi connectivity index (χ0) is 21.1. The van der Waals surface area contributed by atoms with Crippen LogP contribution in [0.5, 0.6) is 0 Å². The molecule has 0 unspecified atom stereocenters. The number of carbonyl (C=O) groups excluding carboxylic acids is 2.